The predicted molar refractivity (Wildman–Crippen MR) is 87.9 cm³/mol. The number of nitrogens with zero attached hydrogens (tertiary/aromatic N) is 1. The molecule has 0 saturated carbocycles. The van der Waals surface area contributed by atoms with E-state index in [1.807, 2.05) is 18.3 Å². The van der Waals surface area contributed by atoms with Gasteiger partial charge in [-0.1, -0.05) is 47.1 Å². The fourth-order valence-electron chi connectivity index (χ4n) is 2.28. The van der Waals surface area contributed by atoms with Crippen molar-refractivity contribution in [2.45, 2.75) is 32.7 Å². The minimum atomic E-state index is 0.291. The summed E-state index contributed by atoms with van der Waals surface area (Å²) < 4.78 is 1.20. The zero-order valence-corrected chi connectivity index (χ0v) is 13.7. The fraction of sp³-hybridized carbons (Fsp3) is 0.353. The van der Waals surface area contributed by atoms with Crippen LogP contribution in [-0.4, -0.2) is 11.5 Å². The summed E-state index contributed by atoms with van der Waals surface area (Å²) in [4.78, 5) is 4.45. The van der Waals surface area contributed by atoms with Gasteiger partial charge in [0, 0.05) is 28.8 Å². The van der Waals surface area contributed by atoms with Crippen LogP contribution in [0.25, 0.3) is 0 Å². The Balaban J connectivity index is 2.25. The van der Waals surface area contributed by atoms with Crippen molar-refractivity contribution in [3.05, 3.63) is 63.9 Å². The molecule has 1 atom stereocenters. The summed E-state index contributed by atoms with van der Waals surface area (Å²) in [7, 11) is 0. The van der Waals surface area contributed by atoms with Gasteiger partial charge in [0.2, 0.25) is 0 Å². The molecule has 20 heavy (non-hydrogen) atoms. The third kappa shape index (κ3) is 3.90. The number of nitrogens with one attached hydrogen (secondary N) is 1. The van der Waals surface area contributed by atoms with Crippen molar-refractivity contribution < 1.29 is 0 Å². The lowest BCUT2D eigenvalue weighted by Gasteiger charge is -2.21. The van der Waals surface area contributed by atoms with Crippen molar-refractivity contribution in [3.63, 3.8) is 0 Å². The summed E-state index contributed by atoms with van der Waals surface area (Å²) in [6.45, 7) is 5.33. The van der Waals surface area contributed by atoms with Gasteiger partial charge in [0.1, 0.15) is 0 Å². The first-order chi connectivity index (χ1) is 9.72. The zero-order valence-electron chi connectivity index (χ0n) is 12.1. The van der Waals surface area contributed by atoms with Gasteiger partial charge >= 0.3 is 0 Å². The normalized spacial score (nSPS) is 12.3. The molecule has 2 rings (SSSR count). The van der Waals surface area contributed by atoms with Gasteiger partial charge in [-0.25, -0.2) is 0 Å². The van der Waals surface area contributed by atoms with E-state index in [-0.39, 0.29) is 0 Å². The molecule has 0 aliphatic rings. The Labute approximate surface area is 129 Å². The molecule has 0 saturated heterocycles. The molecular weight excluding hydrogens is 312 g/mol. The van der Waals surface area contributed by atoms with Crippen molar-refractivity contribution in [2.24, 2.45) is 0 Å². The van der Waals surface area contributed by atoms with Gasteiger partial charge in [0.05, 0.1) is 0 Å². The third-order valence-corrected chi connectivity index (χ3v) is 4.46. The van der Waals surface area contributed by atoms with E-state index in [1.54, 1.807) is 0 Å². The molecule has 106 valence electrons. The summed E-state index contributed by atoms with van der Waals surface area (Å²) >= 11 is 3.73. The highest BCUT2D eigenvalue weighted by Gasteiger charge is 2.15. The van der Waals surface area contributed by atoms with Crippen LogP contribution in [0.5, 0.6) is 0 Å². The van der Waals surface area contributed by atoms with Gasteiger partial charge in [-0.2, -0.15) is 0 Å². The minimum Gasteiger partial charge on any atom is -0.310 e. The van der Waals surface area contributed by atoms with E-state index in [4.69, 9.17) is 0 Å². The highest BCUT2D eigenvalue weighted by atomic mass is 79.9. The molecule has 2 nitrogen and oxygen atoms in total. The predicted octanol–water partition coefficient (Wildman–Crippen LogP) is 4.44. The number of pyridine rings is 1. The third-order valence-electron chi connectivity index (χ3n) is 3.38. The van der Waals surface area contributed by atoms with E-state index < -0.39 is 0 Å². The Morgan fingerprint density at radius 1 is 1.20 bits per heavy atom. The lowest BCUT2D eigenvalue weighted by Crippen LogP contribution is -2.25. The summed E-state index contributed by atoms with van der Waals surface area (Å²) in [5, 5.41) is 3.63. The lowest BCUT2D eigenvalue weighted by atomic mass is 9.99. The second-order valence-electron chi connectivity index (χ2n) is 5.01. The minimum absolute atomic E-state index is 0.291. The molecule has 2 aromatic rings. The molecule has 0 bridgehead atoms. The molecular formula is C17H21BrN2. The summed E-state index contributed by atoms with van der Waals surface area (Å²) in [5.41, 5.74) is 3.70. The fourth-order valence-corrected chi connectivity index (χ4v) is 2.82. The first-order valence-corrected chi connectivity index (χ1v) is 7.90. The van der Waals surface area contributed by atoms with Crippen LogP contribution in [0, 0.1) is 6.92 Å². The molecule has 1 aromatic carbocycles. The molecule has 0 aliphatic carbocycles. The van der Waals surface area contributed by atoms with E-state index in [1.165, 1.54) is 15.6 Å². The number of benzene rings is 1. The number of hydrogen-bond acceptors (Lipinski definition) is 2. The largest absolute Gasteiger partial charge is 0.310 e. The quantitative estimate of drug-likeness (QED) is 0.846. The Morgan fingerprint density at radius 3 is 2.75 bits per heavy atom. The Morgan fingerprint density at radius 2 is 2.05 bits per heavy atom. The van der Waals surface area contributed by atoms with Crippen LogP contribution in [0.3, 0.4) is 0 Å². The molecule has 1 aromatic heterocycles. The summed E-state index contributed by atoms with van der Waals surface area (Å²) in [6, 6.07) is 12.8. The lowest BCUT2D eigenvalue weighted by molar-refractivity contribution is 0.522. The van der Waals surface area contributed by atoms with Gasteiger partial charge in [-0.15, -0.1) is 0 Å². The average molecular weight is 333 g/mol. The van der Waals surface area contributed by atoms with E-state index in [0.29, 0.717) is 6.04 Å². The van der Waals surface area contributed by atoms with Gasteiger partial charge in [0.25, 0.3) is 0 Å². The van der Waals surface area contributed by atoms with Crippen LogP contribution in [0.2, 0.25) is 0 Å². The van der Waals surface area contributed by atoms with Crippen LogP contribution >= 0.6 is 15.9 Å². The number of aromatic nitrogens is 1. The van der Waals surface area contributed by atoms with E-state index in [0.717, 1.165) is 25.1 Å². The molecule has 1 heterocycles. The molecule has 1 N–H and O–H groups in total. The monoisotopic (exact) mass is 332 g/mol. The molecule has 0 aliphatic heterocycles. The van der Waals surface area contributed by atoms with Gasteiger partial charge in [0.15, 0.2) is 0 Å². The number of halogens is 1. The maximum atomic E-state index is 4.45. The first-order valence-electron chi connectivity index (χ1n) is 7.10. The Kier molecular flexibility index (Phi) is 5.74. The van der Waals surface area contributed by atoms with Crippen molar-refractivity contribution in [3.8, 4) is 0 Å². The molecule has 1 unspecified atom stereocenters. The summed E-state index contributed by atoms with van der Waals surface area (Å²) in [5.74, 6) is 0. The van der Waals surface area contributed by atoms with Crippen LogP contribution in [0.4, 0.5) is 0 Å². The van der Waals surface area contributed by atoms with Crippen LogP contribution in [0.1, 0.15) is 36.2 Å². The van der Waals surface area contributed by atoms with E-state index in [9.17, 15) is 0 Å². The number of aryl methyl sites for hydroxylation is 1. The van der Waals surface area contributed by atoms with Gasteiger partial charge < -0.3 is 5.32 Å². The Bertz CT molecular complexity index is 540. The maximum Gasteiger partial charge on any atom is 0.0422 e. The molecule has 0 amide bonds. The standard InChI is InChI=1S/C17H21BrN2/c1-3-10-20-16(12-14-8-4-5-11-19-14)15-9-6-7-13(2)17(15)18/h4-9,11,16,20H,3,10,12H2,1-2H3. The summed E-state index contributed by atoms with van der Waals surface area (Å²) in [6.07, 6.45) is 3.89. The van der Waals surface area contributed by atoms with Crippen LogP contribution < -0.4 is 5.32 Å². The van der Waals surface area contributed by atoms with Crippen molar-refractivity contribution in [1.29, 1.82) is 0 Å². The SMILES string of the molecule is CCCNC(Cc1ccccn1)c1cccc(C)c1Br. The van der Waals surface area contributed by atoms with E-state index in [2.05, 4.69) is 64.3 Å². The van der Waals surface area contributed by atoms with Crippen molar-refractivity contribution in [1.82, 2.24) is 10.3 Å². The molecule has 0 fully saturated rings. The smallest absolute Gasteiger partial charge is 0.0422 e. The second kappa shape index (κ2) is 7.55. The van der Waals surface area contributed by atoms with Gasteiger partial charge in [-0.3, -0.25) is 4.98 Å². The highest BCUT2D eigenvalue weighted by Crippen LogP contribution is 2.28. The maximum absolute atomic E-state index is 4.45. The van der Waals surface area contributed by atoms with Crippen LogP contribution in [0.15, 0.2) is 47.1 Å². The first kappa shape index (κ1) is 15.2. The topological polar surface area (TPSA) is 24.9 Å². The van der Waals surface area contributed by atoms with Crippen molar-refractivity contribution >= 4 is 15.9 Å². The molecule has 0 radical (unpaired) electrons. The van der Waals surface area contributed by atoms with Gasteiger partial charge in [-0.05, 0) is 43.1 Å². The highest BCUT2D eigenvalue weighted by molar-refractivity contribution is 9.10. The van der Waals surface area contributed by atoms with E-state index >= 15 is 0 Å². The number of rotatable bonds is 6. The van der Waals surface area contributed by atoms with Crippen molar-refractivity contribution in [2.75, 3.05) is 6.54 Å². The average Bonchev–Trinajstić information content (AvgIpc) is 2.48. The molecule has 3 heteroatoms. The molecule has 0 spiro atoms. The van der Waals surface area contributed by atoms with Crippen LogP contribution in [-0.2, 0) is 6.42 Å². The second-order valence-corrected chi connectivity index (χ2v) is 5.80. The number of hydrogen-bond donors (Lipinski definition) is 1. The Hall–Kier alpha value is -1.19. The zero-order chi connectivity index (χ0) is 14.4.